The molecule has 1 aromatic heterocycles. The molecule has 7 heteroatoms. The maximum absolute atomic E-state index is 12.0. The summed E-state index contributed by atoms with van der Waals surface area (Å²) < 4.78 is 8.76. The molecule has 2 aromatic rings. The first-order valence-electron chi connectivity index (χ1n) is 7.86. The normalized spacial score (nSPS) is 23.5. The van der Waals surface area contributed by atoms with Crippen LogP contribution in [0.25, 0.3) is 0 Å². The van der Waals surface area contributed by atoms with Crippen molar-refractivity contribution in [2.75, 3.05) is 0 Å². The van der Waals surface area contributed by atoms with Crippen LogP contribution in [0.1, 0.15) is 23.8 Å². The van der Waals surface area contributed by atoms with E-state index in [4.69, 9.17) is 10.5 Å². The fourth-order valence-electron chi connectivity index (χ4n) is 2.70. The van der Waals surface area contributed by atoms with Gasteiger partial charge in [-0.3, -0.25) is 0 Å². The summed E-state index contributed by atoms with van der Waals surface area (Å²) in [5, 5.41) is 0.866. The van der Waals surface area contributed by atoms with Crippen molar-refractivity contribution in [1.29, 1.82) is 0 Å². The average Bonchev–Trinajstić information content (AvgIpc) is 2.91. The molecule has 6 nitrogen and oxygen atoms in total. The SMILES string of the molecule is Cc1ccc([Se]C[C@H]2O[C@@H](n3cc(C)c(=O)[nH]c3=O)C[C@@H]2N)cc1. The van der Waals surface area contributed by atoms with Crippen molar-refractivity contribution in [3.05, 3.63) is 62.4 Å². The zero-order valence-corrected chi connectivity index (χ0v) is 15.4. The molecule has 0 amide bonds. The number of aromatic amines is 1. The second kappa shape index (κ2) is 7.07. The molecule has 1 fully saturated rings. The number of aromatic nitrogens is 2. The van der Waals surface area contributed by atoms with Crippen LogP contribution in [0.5, 0.6) is 0 Å². The van der Waals surface area contributed by atoms with Crippen molar-refractivity contribution >= 4 is 19.4 Å². The number of hydrogen-bond donors (Lipinski definition) is 2. The Morgan fingerprint density at radius 1 is 1.29 bits per heavy atom. The summed E-state index contributed by atoms with van der Waals surface area (Å²) in [4.78, 5) is 25.8. The molecule has 3 N–H and O–H groups in total. The van der Waals surface area contributed by atoms with Crippen molar-refractivity contribution in [3.8, 4) is 0 Å². The molecular formula is C17H21N3O3Se. The molecule has 1 aliphatic rings. The number of H-pyrrole nitrogens is 1. The molecule has 0 radical (unpaired) electrons. The third-order valence-corrected chi connectivity index (χ3v) is 6.48. The Balaban J connectivity index is 1.68. The molecule has 0 bridgehead atoms. The van der Waals surface area contributed by atoms with Gasteiger partial charge < -0.3 is 0 Å². The van der Waals surface area contributed by atoms with Crippen LogP contribution in [0, 0.1) is 13.8 Å². The van der Waals surface area contributed by atoms with Crippen molar-refractivity contribution in [2.24, 2.45) is 5.73 Å². The van der Waals surface area contributed by atoms with Gasteiger partial charge in [0, 0.05) is 0 Å². The van der Waals surface area contributed by atoms with E-state index in [2.05, 4.69) is 36.2 Å². The number of benzene rings is 1. The summed E-state index contributed by atoms with van der Waals surface area (Å²) in [5.41, 5.74) is 7.13. The van der Waals surface area contributed by atoms with Crippen molar-refractivity contribution in [2.45, 2.75) is 44.0 Å². The van der Waals surface area contributed by atoms with E-state index in [1.165, 1.54) is 14.6 Å². The molecule has 3 rings (SSSR count). The van der Waals surface area contributed by atoms with Gasteiger partial charge in [-0.15, -0.1) is 0 Å². The van der Waals surface area contributed by atoms with Crippen LogP contribution in [-0.2, 0) is 4.74 Å². The van der Waals surface area contributed by atoms with Gasteiger partial charge in [-0.25, -0.2) is 0 Å². The van der Waals surface area contributed by atoms with E-state index in [-0.39, 0.29) is 32.7 Å². The van der Waals surface area contributed by atoms with Crippen LogP contribution in [0.15, 0.2) is 40.1 Å². The second-order valence-electron chi connectivity index (χ2n) is 6.13. The van der Waals surface area contributed by atoms with Crippen LogP contribution in [0.3, 0.4) is 0 Å². The van der Waals surface area contributed by atoms with Gasteiger partial charge in [-0.1, -0.05) is 0 Å². The van der Waals surface area contributed by atoms with Gasteiger partial charge in [0.15, 0.2) is 0 Å². The number of nitrogens with two attached hydrogens (primary N) is 1. The van der Waals surface area contributed by atoms with E-state index in [0.29, 0.717) is 12.0 Å². The van der Waals surface area contributed by atoms with Crippen LogP contribution < -0.4 is 21.4 Å². The Kier molecular flexibility index (Phi) is 5.06. The molecule has 3 atom stereocenters. The van der Waals surface area contributed by atoms with E-state index < -0.39 is 11.9 Å². The topological polar surface area (TPSA) is 90.1 Å². The zero-order valence-electron chi connectivity index (χ0n) is 13.7. The Hall–Kier alpha value is -1.66. The molecule has 1 saturated heterocycles. The van der Waals surface area contributed by atoms with Crippen molar-refractivity contribution in [3.63, 3.8) is 0 Å². The minimum absolute atomic E-state index is 0.0737. The van der Waals surface area contributed by atoms with Gasteiger partial charge in [0.05, 0.1) is 0 Å². The summed E-state index contributed by atoms with van der Waals surface area (Å²) in [6.45, 7) is 3.74. The summed E-state index contributed by atoms with van der Waals surface area (Å²) in [6.07, 6.45) is 1.63. The molecule has 2 heterocycles. The van der Waals surface area contributed by atoms with Gasteiger partial charge >= 0.3 is 146 Å². The summed E-state index contributed by atoms with van der Waals surface area (Å²) in [6, 6.07) is 8.39. The number of aryl methyl sites for hydroxylation is 2. The molecule has 0 spiro atoms. The molecule has 0 aliphatic carbocycles. The first kappa shape index (κ1) is 17.2. The fraction of sp³-hybridized carbons (Fsp3) is 0.412. The second-order valence-corrected chi connectivity index (χ2v) is 8.43. The van der Waals surface area contributed by atoms with Crippen molar-refractivity contribution in [1.82, 2.24) is 9.55 Å². The molecule has 0 unspecified atom stereocenters. The minimum atomic E-state index is -0.451. The zero-order chi connectivity index (χ0) is 17.3. The Morgan fingerprint density at radius 2 is 2.00 bits per heavy atom. The average molecular weight is 394 g/mol. The first-order chi connectivity index (χ1) is 11.4. The number of nitrogens with one attached hydrogen (secondary N) is 1. The van der Waals surface area contributed by atoms with E-state index in [0.717, 1.165) is 5.32 Å². The third kappa shape index (κ3) is 3.70. The molecule has 0 saturated carbocycles. The maximum atomic E-state index is 12.0. The van der Waals surface area contributed by atoms with Crippen molar-refractivity contribution < 1.29 is 4.74 Å². The van der Waals surface area contributed by atoms with Gasteiger partial charge in [-0.05, 0) is 0 Å². The molecular weight excluding hydrogens is 373 g/mol. The van der Waals surface area contributed by atoms with Crippen LogP contribution in [0.4, 0.5) is 0 Å². The van der Waals surface area contributed by atoms with E-state index >= 15 is 0 Å². The predicted octanol–water partition coefficient (Wildman–Crippen LogP) is 0.216. The number of hydrogen-bond acceptors (Lipinski definition) is 4. The van der Waals surface area contributed by atoms with E-state index in [1.54, 1.807) is 13.1 Å². The van der Waals surface area contributed by atoms with E-state index in [9.17, 15) is 9.59 Å². The van der Waals surface area contributed by atoms with E-state index in [1.807, 2.05) is 0 Å². The Labute approximate surface area is 146 Å². The molecule has 24 heavy (non-hydrogen) atoms. The van der Waals surface area contributed by atoms with Gasteiger partial charge in [0.1, 0.15) is 0 Å². The van der Waals surface area contributed by atoms with Gasteiger partial charge in [-0.2, -0.15) is 0 Å². The number of nitrogens with zero attached hydrogens (tertiary/aromatic N) is 1. The third-order valence-electron chi connectivity index (χ3n) is 4.17. The van der Waals surface area contributed by atoms with Gasteiger partial charge in [0.25, 0.3) is 0 Å². The predicted molar refractivity (Wildman–Crippen MR) is 93.9 cm³/mol. The monoisotopic (exact) mass is 395 g/mol. The van der Waals surface area contributed by atoms with Crippen LogP contribution in [0.2, 0.25) is 5.32 Å². The van der Waals surface area contributed by atoms with Crippen LogP contribution >= 0.6 is 0 Å². The molecule has 1 aromatic carbocycles. The van der Waals surface area contributed by atoms with Crippen LogP contribution in [-0.4, -0.2) is 36.7 Å². The molecule has 128 valence electrons. The summed E-state index contributed by atoms with van der Waals surface area (Å²) in [5.74, 6) is 0. The Morgan fingerprint density at radius 3 is 2.71 bits per heavy atom. The molecule has 1 aliphatic heterocycles. The standard InChI is InChI=1S/C17H21N3O3Se/c1-10-3-5-12(6-4-10)24-9-14-13(18)7-15(23-14)20-8-11(2)16(21)19-17(20)22/h3-6,8,13-15H,7,9,18H2,1-2H3,(H,19,21,22)/t13-,14+,15+/m0/s1. The quantitative estimate of drug-likeness (QED) is 0.726. The van der Waals surface area contributed by atoms with Gasteiger partial charge in [0.2, 0.25) is 0 Å². The summed E-state index contributed by atoms with van der Waals surface area (Å²) >= 11 is 0.275. The number of ether oxygens (including phenoxy) is 1. The Bertz CT molecular complexity index is 828. The summed E-state index contributed by atoms with van der Waals surface area (Å²) in [7, 11) is 0. The first-order valence-corrected chi connectivity index (χ1v) is 9.93. The fourth-order valence-corrected chi connectivity index (χ4v) is 4.82. The number of rotatable bonds is 4.